The number of hydrogen-bond donors (Lipinski definition) is 1. The molecule has 0 bridgehead atoms. The molecule has 0 aliphatic rings. The Kier molecular flexibility index (Phi) is 6.73. The molecule has 0 aliphatic heterocycles. The fourth-order valence-electron chi connectivity index (χ4n) is 2.04. The molecule has 26 heavy (non-hydrogen) atoms. The molecule has 1 amide bonds. The van der Waals surface area contributed by atoms with Crippen molar-refractivity contribution in [1.82, 2.24) is 5.43 Å². The Morgan fingerprint density at radius 2 is 1.85 bits per heavy atom. The third kappa shape index (κ3) is 5.94. The number of benzene rings is 2. The highest BCUT2D eigenvalue weighted by atomic mass is 16.5. The van der Waals surface area contributed by atoms with Gasteiger partial charge in [-0.1, -0.05) is 12.1 Å². The van der Waals surface area contributed by atoms with Crippen LogP contribution in [0.15, 0.2) is 53.6 Å². The molecule has 7 heteroatoms. The summed E-state index contributed by atoms with van der Waals surface area (Å²) in [7, 11) is 0. The van der Waals surface area contributed by atoms with Gasteiger partial charge in [0.1, 0.15) is 18.1 Å². The monoisotopic (exact) mass is 355 g/mol. The lowest BCUT2D eigenvalue weighted by molar-refractivity contribution is -0.307. The van der Waals surface area contributed by atoms with E-state index in [4.69, 9.17) is 9.47 Å². The standard InChI is InChI=1S/C19H20N2O5/c1-13(2)26-16-9-7-14(8-10-16)19(24)21-20-11-15-5-3-4-6-17(15)25-12-18(22)23/h3-11,13H,12H2,1-2H3,(H,21,24)(H,22,23)/p-1/b20-11-. The summed E-state index contributed by atoms with van der Waals surface area (Å²) >= 11 is 0. The van der Waals surface area contributed by atoms with Gasteiger partial charge >= 0.3 is 0 Å². The maximum absolute atomic E-state index is 12.1. The van der Waals surface area contributed by atoms with Gasteiger partial charge in [0.2, 0.25) is 0 Å². The normalized spacial score (nSPS) is 10.7. The van der Waals surface area contributed by atoms with Gasteiger partial charge in [0, 0.05) is 11.1 Å². The van der Waals surface area contributed by atoms with E-state index in [9.17, 15) is 14.7 Å². The molecule has 0 atom stereocenters. The zero-order chi connectivity index (χ0) is 18.9. The number of rotatable bonds is 8. The third-order valence-electron chi connectivity index (χ3n) is 3.12. The molecule has 2 aromatic rings. The smallest absolute Gasteiger partial charge is 0.271 e. The number of hydrogen-bond acceptors (Lipinski definition) is 6. The van der Waals surface area contributed by atoms with Gasteiger partial charge in [0.05, 0.1) is 18.3 Å². The van der Waals surface area contributed by atoms with Crippen LogP contribution < -0.4 is 20.0 Å². The van der Waals surface area contributed by atoms with Crippen LogP contribution in [0.25, 0.3) is 0 Å². The molecule has 1 N–H and O–H groups in total. The summed E-state index contributed by atoms with van der Waals surface area (Å²) < 4.78 is 10.6. The van der Waals surface area contributed by atoms with Crippen molar-refractivity contribution in [1.29, 1.82) is 0 Å². The number of carboxylic acid groups (broad SMARTS) is 1. The summed E-state index contributed by atoms with van der Waals surface area (Å²) in [5.41, 5.74) is 3.36. The number of para-hydroxylation sites is 1. The lowest BCUT2D eigenvalue weighted by Gasteiger charge is -2.10. The van der Waals surface area contributed by atoms with Crippen molar-refractivity contribution in [3.8, 4) is 11.5 Å². The summed E-state index contributed by atoms with van der Waals surface area (Å²) in [6.45, 7) is 3.27. The van der Waals surface area contributed by atoms with Crippen LogP contribution in [0, 0.1) is 0 Å². The van der Waals surface area contributed by atoms with Crippen LogP contribution >= 0.6 is 0 Å². The van der Waals surface area contributed by atoms with Crippen molar-refractivity contribution < 1.29 is 24.2 Å². The number of amides is 1. The lowest BCUT2D eigenvalue weighted by atomic mass is 10.2. The first kappa shape index (κ1) is 19.0. The molecule has 0 radical (unpaired) electrons. The van der Waals surface area contributed by atoms with E-state index in [2.05, 4.69) is 10.5 Å². The van der Waals surface area contributed by atoms with E-state index in [0.29, 0.717) is 22.6 Å². The quantitative estimate of drug-likeness (QED) is 0.569. The van der Waals surface area contributed by atoms with E-state index in [1.807, 2.05) is 13.8 Å². The van der Waals surface area contributed by atoms with Crippen LogP contribution in [0.3, 0.4) is 0 Å². The first-order valence-corrected chi connectivity index (χ1v) is 7.97. The van der Waals surface area contributed by atoms with Gasteiger partial charge in [-0.15, -0.1) is 0 Å². The van der Waals surface area contributed by atoms with E-state index in [1.54, 1.807) is 48.5 Å². The number of carboxylic acids is 1. The fourth-order valence-corrected chi connectivity index (χ4v) is 2.04. The number of carbonyl (C=O) groups excluding carboxylic acids is 2. The zero-order valence-corrected chi connectivity index (χ0v) is 14.5. The molecule has 136 valence electrons. The van der Waals surface area contributed by atoms with Crippen LogP contribution in [0.2, 0.25) is 0 Å². The van der Waals surface area contributed by atoms with Gasteiger partial charge in [-0.2, -0.15) is 5.10 Å². The number of nitrogens with zero attached hydrogens (tertiary/aromatic N) is 1. The van der Waals surface area contributed by atoms with Crippen molar-refractivity contribution in [3.05, 3.63) is 59.7 Å². The highest BCUT2D eigenvalue weighted by molar-refractivity contribution is 5.95. The Bertz CT molecular complexity index is 785. The van der Waals surface area contributed by atoms with Crippen LogP contribution in [-0.2, 0) is 4.79 Å². The van der Waals surface area contributed by atoms with Gasteiger partial charge in [-0.05, 0) is 50.2 Å². The van der Waals surface area contributed by atoms with Crippen LogP contribution in [0.4, 0.5) is 0 Å². The molecule has 0 fully saturated rings. The van der Waals surface area contributed by atoms with Crippen LogP contribution in [0.1, 0.15) is 29.8 Å². The SMILES string of the molecule is CC(C)Oc1ccc(C(=O)N/N=C\c2ccccc2OCC(=O)[O-])cc1. The maximum Gasteiger partial charge on any atom is 0.271 e. The van der Waals surface area contributed by atoms with Crippen molar-refractivity contribution in [2.75, 3.05) is 6.61 Å². The molecule has 7 nitrogen and oxygen atoms in total. The highest BCUT2D eigenvalue weighted by Crippen LogP contribution is 2.16. The van der Waals surface area contributed by atoms with Crippen LogP contribution in [0.5, 0.6) is 11.5 Å². The topological polar surface area (TPSA) is 100 Å². The van der Waals surface area contributed by atoms with E-state index < -0.39 is 12.6 Å². The molecule has 0 aromatic heterocycles. The minimum atomic E-state index is -1.32. The molecule has 0 aliphatic carbocycles. The largest absolute Gasteiger partial charge is 0.546 e. The molecule has 2 rings (SSSR count). The molecule has 0 unspecified atom stereocenters. The second kappa shape index (κ2) is 9.22. The predicted molar refractivity (Wildman–Crippen MR) is 94.2 cm³/mol. The Hall–Kier alpha value is -3.35. The minimum absolute atomic E-state index is 0.0541. The van der Waals surface area contributed by atoms with E-state index in [0.717, 1.165) is 0 Å². The second-order valence-corrected chi connectivity index (χ2v) is 5.59. The number of ether oxygens (including phenoxy) is 2. The predicted octanol–water partition coefficient (Wildman–Crippen LogP) is 1.37. The average Bonchev–Trinajstić information content (AvgIpc) is 2.61. The van der Waals surface area contributed by atoms with E-state index in [1.165, 1.54) is 6.21 Å². The maximum atomic E-state index is 12.1. The first-order valence-electron chi connectivity index (χ1n) is 7.97. The molecule has 0 saturated heterocycles. The fraction of sp³-hybridized carbons (Fsp3) is 0.211. The first-order chi connectivity index (χ1) is 12.5. The molecule has 0 spiro atoms. The van der Waals surface area contributed by atoms with Crippen molar-refractivity contribution in [2.45, 2.75) is 20.0 Å². The Labute approximate surface area is 151 Å². The van der Waals surface area contributed by atoms with Crippen molar-refractivity contribution >= 4 is 18.1 Å². The summed E-state index contributed by atoms with van der Waals surface area (Å²) in [4.78, 5) is 22.6. The Morgan fingerprint density at radius 3 is 2.50 bits per heavy atom. The summed E-state index contributed by atoms with van der Waals surface area (Å²) in [5, 5.41) is 14.4. The number of carbonyl (C=O) groups is 2. The van der Waals surface area contributed by atoms with Gasteiger partial charge in [0.15, 0.2) is 0 Å². The number of nitrogens with one attached hydrogen (secondary N) is 1. The summed E-state index contributed by atoms with van der Waals surface area (Å²) in [5.74, 6) is -0.704. The van der Waals surface area contributed by atoms with Gasteiger partial charge in [0.25, 0.3) is 5.91 Å². The Morgan fingerprint density at radius 1 is 1.15 bits per heavy atom. The van der Waals surface area contributed by atoms with Crippen molar-refractivity contribution in [3.63, 3.8) is 0 Å². The highest BCUT2D eigenvalue weighted by Gasteiger charge is 2.06. The van der Waals surface area contributed by atoms with Gasteiger partial charge in [-0.3, -0.25) is 4.79 Å². The van der Waals surface area contributed by atoms with E-state index >= 15 is 0 Å². The third-order valence-corrected chi connectivity index (χ3v) is 3.12. The summed E-state index contributed by atoms with van der Waals surface area (Å²) in [6, 6.07) is 13.4. The molecular weight excluding hydrogens is 336 g/mol. The minimum Gasteiger partial charge on any atom is -0.546 e. The van der Waals surface area contributed by atoms with Gasteiger partial charge < -0.3 is 19.4 Å². The molecule has 0 heterocycles. The lowest BCUT2D eigenvalue weighted by Crippen LogP contribution is -2.29. The second-order valence-electron chi connectivity index (χ2n) is 5.59. The Balaban J connectivity index is 1.97. The van der Waals surface area contributed by atoms with Gasteiger partial charge in [-0.25, -0.2) is 5.43 Å². The average molecular weight is 355 g/mol. The molecule has 0 saturated carbocycles. The summed E-state index contributed by atoms with van der Waals surface area (Å²) in [6.07, 6.45) is 1.43. The van der Waals surface area contributed by atoms with Crippen molar-refractivity contribution in [2.24, 2.45) is 5.10 Å². The number of aliphatic carboxylic acids is 1. The van der Waals surface area contributed by atoms with Crippen LogP contribution in [-0.4, -0.2) is 30.8 Å². The molecule has 2 aromatic carbocycles. The van der Waals surface area contributed by atoms with E-state index in [-0.39, 0.29) is 12.0 Å². The number of hydrazone groups is 1. The molecular formula is C19H19N2O5-. The zero-order valence-electron chi connectivity index (χ0n) is 14.5.